The first kappa shape index (κ1) is 29.2. The second-order valence-corrected chi connectivity index (χ2v) is 11.3. The Morgan fingerprint density at radius 3 is 2.36 bits per heavy atom. The van der Waals surface area contributed by atoms with Crippen LogP contribution in [0, 0.1) is 0 Å². The van der Waals surface area contributed by atoms with Gasteiger partial charge in [-0.1, -0.05) is 48.5 Å². The molecule has 0 bridgehead atoms. The third-order valence-electron chi connectivity index (χ3n) is 5.48. The van der Waals surface area contributed by atoms with Crippen molar-refractivity contribution in [3.63, 3.8) is 0 Å². The van der Waals surface area contributed by atoms with Crippen molar-refractivity contribution in [3.05, 3.63) is 97.1 Å². The van der Waals surface area contributed by atoms with Crippen LogP contribution in [0.25, 0.3) is 33.4 Å². The number of sulfonamides is 1. The van der Waals surface area contributed by atoms with Crippen molar-refractivity contribution in [2.45, 2.75) is 11.4 Å². The SMILES string of the molecule is O=P([O-])([O-])NS(=O)(=O)c1cncc(-c2nc(NCc3ccccn3)c3c(-c4ccccc4)cccc3n2)c1.[Ca+2]. The van der Waals surface area contributed by atoms with Crippen LogP contribution in [0.15, 0.2) is 96.3 Å². The fraction of sp³-hybridized carbons (Fsp3) is 0.0400. The van der Waals surface area contributed by atoms with E-state index in [1.807, 2.05) is 60.7 Å². The van der Waals surface area contributed by atoms with E-state index < -0.39 is 22.7 Å². The number of hydrogen-bond acceptors (Lipinski definition) is 10. The van der Waals surface area contributed by atoms with Gasteiger partial charge in [0, 0.05) is 31.9 Å². The third-order valence-corrected chi connectivity index (χ3v) is 8.18. The summed E-state index contributed by atoms with van der Waals surface area (Å²) < 4.78 is 36.9. The Kier molecular flexibility index (Phi) is 9.10. The molecular formula is C25H19CaN6O5PS. The Morgan fingerprint density at radius 2 is 1.64 bits per heavy atom. The molecule has 39 heavy (non-hydrogen) atoms. The zero-order valence-corrected chi connectivity index (χ0v) is 24.2. The molecule has 0 radical (unpaired) electrons. The minimum absolute atomic E-state index is 0. The summed E-state index contributed by atoms with van der Waals surface area (Å²) in [5, 5.41) is 4.06. The molecule has 0 aliphatic rings. The maximum Gasteiger partial charge on any atom is 2.00 e. The van der Waals surface area contributed by atoms with Crippen LogP contribution in [0.1, 0.15) is 5.69 Å². The topological polar surface area (TPSA) is 173 Å². The maximum atomic E-state index is 12.4. The average molecular weight is 587 g/mol. The molecule has 0 aliphatic heterocycles. The average Bonchev–Trinajstić information content (AvgIpc) is 2.91. The molecule has 2 N–H and O–H groups in total. The Labute approximate surface area is 254 Å². The van der Waals surface area contributed by atoms with Crippen molar-refractivity contribution in [1.82, 2.24) is 24.4 Å². The second-order valence-electron chi connectivity index (χ2n) is 8.14. The summed E-state index contributed by atoms with van der Waals surface area (Å²) >= 11 is 0. The van der Waals surface area contributed by atoms with Crippen molar-refractivity contribution >= 4 is 72.2 Å². The summed E-state index contributed by atoms with van der Waals surface area (Å²) in [5.41, 5.74) is 3.40. The van der Waals surface area contributed by atoms with Gasteiger partial charge in [0.2, 0.25) is 10.0 Å². The van der Waals surface area contributed by atoms with Gasteiger partial charge in [0.15, 0.2) is 5.82 Å². The quantitative estimate of drug-likeness (QED) is 0.202. The normalized spacial score (nSPS) is 11.6. The Morgan fingerprint density at radius 1 is 0.872 bits per heavy atom. The van der Waals surface area contributed by atoms with Crippen LogP contribution in [0.3, 0.4) is 0 Å². The molecule has 2 aromatic carbocycles. The first-order valence-corrected chi connectivity index (χ1v) is 14.2. The zero-order valence-electron chi connectivity index (χ0n) is 20.3. The summed E-state index contributed by atoms with van der Waals surface area (Å²) in [6.45, 7) is 0.356. The van der Waals surface area contributed by atoms with Crippen LogP contribution in [0.5, 0.6) is 0 Å². The largest absolute Gasteiger partial charge is 2.00 e. The number of pyridine rings is 2. The molecule has 192 valence electrons. The van der Waals surface area contributed by atoms with E-state index in [9.17, 15) is 22.8 Å². The molecule has 14 heteroatoms. The van der Waals surface area contributed by atoms with Gasteiger partial charge in [-0.3, -0.25) is 9.97 Å². The van der Waals surface area contributed by atoms with E-state index in [-0.39, 0.29) is 49.1 Å². The van der Waals surface area contributed by atoms with E-state index >= 15 is 0 Å². The molecule has 0 fully saturated rings. The fourth-order valence-electron chi connectivity index (χ4n) is 3.86. The number of rotatable bonds is 8. The summed E-state index contributed by atoms with van der Waals surface area (Å²) in [6.07, 6.45) is 3.96. The Hall–Kier alpha value is -2.80. The van der Waals surface area contributed by atoms with Crippen LogP contribution in [-0.4, -0.2) is 66.1 Å². The van der Waals surface area contributed by atoms with Crippen LogP contribution in [-0.2, 0) is 21.1 Å². The standard InChI is InChI=1S/C25H21N6O5PS.Ca/c32-37(33,34)31-38(35,36)20-13-18(14-26-16-20)24-29-22-11-6-10-21(17-7-2-1-3-8-17)23(22)25(30-24)28-15-19-9-4-5-12-27-19;/h1-14,16H,15H2,(H,28,29,30)(H3,31,32,33,34);/q;+2/p-2. The number of nitrogens with one attached hydrogen (secondary N) is 2. The van der Waals surface area contributed by atoms with Crippen LogP contribution in [0.4, 0.5) is 5.82 Å². The molecule has 0 saturated heterocycles. The maximum absolute atomic E-state index is 12.4. The molecule has 3 aromatic heterocycles. The van der Waals surface area contributed by atoms with E-state index in [1.165, 1.54) is 6.20 Å². The number of benzene rings is 2. The number of hydrogen-bond donors (Lipinski definition) is 2. The van der Waals surface area contributed by atoms with E-state index in [0.717, 1.165) is 39.0 Å². The van der Waals surface area contributed by atoms with Crippen molar-refractivity contribution in [2.24, 2.45) is 0 Å². The molecular weight excluding hydrogens is 567 g/mol. The second kappa shape index (κ2) is 12.2. The minimum Gasteiger partial charge on any atom is -0.799 e. The van der Waals surface area contributed by atoms with Gasteiger partial charge < -0.3 is 19.7 Å². The number of anilines is 1. The van der Waals surface area contributed by atoms with Crippen molar-refractivity contribution < 1.29 is 22.8 Å². The minimum atomic E-state index is -5.57. The van der Waals surface area contributed by atoms with E-state index in [1.54, 1.807) is 12.3 Å². The predicted molar refractivity (Wildman–Crippen MR) is 143 cm³/mol. The molecule has 11 nitrogen and oxygen atoms in total. The zero-order chi connectivity index (χ0) is 26.8. The summed E-state index contributed by atoms with van der Waals surface area (Å²) in [4.78, 5) is 39.1. The van der Waals surface area contributed by atoms with Gasteiger partial charge >= 0.3 is 37.7 Å². The molecule has 3 heterocycles. The van der Waals surface area contributed by atoms with Crippen molar-refractivity contribution in [2.75, 3.05) is 5.32 Å². The third kappa shape index (κ3) is 7.05. The van der Waals surface area contributed by atoms with Crippen LogP contribution in [0.2, 0.25) is 0 Å². The van der Waals surface area contributed by atoms with Gasteiger partial charge in [0.1, 0.15) is 10.7 Å². The molecule has 0 saturated carbocycles. The summed E-state index contributed by atoms with van der Waals surface area (Å²) in [5.74, 6) is 0.619. The molecule has 0 unspecified atom stereocenters. The molecule has 0 atom stereocenters. The molecule has 0 spiro atoms. The monoisotopic (exact) mass is 586 g/mol. The first-order chi connectivity index (χ1) is 18.2. The summed E-state index contributed by atoms with van der Waals surface area (Å²) in [7, 11) is -10.2. The molecule has 0 amide bonds. The smallest absolute Gasteiger partial charge is 0.799 e. The molecule has 5 aromatic rings. The van der Waals surface area contributed by atoms with Crippen molar-refractivity contribution in [3.8, 4) is 22.5 Å². The van der Waals surface area contributed by atoms with E-state index in [4.69, 9.17) is 0 Å². The van der Waals surface area contributed by atoms with Gasteiger partial charge in [0.25, 0.3) is 0 Å². The van der Waals surface area contributed by atoms with Crippen LogP contribution >= 0.6 is 7.75 Å². The first-order valence-electron chi connectivity index (χ1n) is 11.2. The van der Waals surface area contributed by atoms with Crippen LogP contribution < -0.4 is 19.6 Å². The van der Waals surface area contributed by atoms with Gasteiger partial charge in [-0.15, -0.1) is 0 Å². The Balaban J connectivity index is 0.00000353. The Bertz CT molecular complexity index is 1770. The van der Waals surface area contributed by atoms with E-state index in [0.29, 0.717) is 17.9 Å². The van der Waals surface area contributed by atoms with Gasteiger partial charge in [0.05, 0.1) is 23.1 Å². The molecule has 5 rings (SSSR count). The summed E-state index contributed by atoms with van der Waals surface area (Å²) in [6, 6.07) is 22.0. The van der Waals surface area contributed by atoms with Gasteiger partial charge in [-0.25, -0.2) is 18.4 Å². The predicted octanol–water partition coefficient (Wildman–Crippen LogP) is 2.09. The van der Waals surface area contributed by atoms with E-state index in [2.05, 4.69) is 25.3 Å². The number of aromatic nitrogens is 4. The van der Waals surface area contributed by atoms with Gasteiger partial charge in [-0.05, 0) is 35.4 Å². The molecule has 0 aliphatic carbocycles. The number of nitrogens with zero attached hydrogens (tertiary/aromatic N) is 4. The van der Waals surface area contributed by atoms with Crippen molar-refractivity contribution in [1.29, 1.82) is 0 Å². The fourth-order valence-corrected chi connectivity index (χ4v) is 5.94. The van der Waals surface area contributed by atoms with Gasteiger partial charge in [-0.2, -0.15) is 4.49 Å². The number of fused-ring (bicyclic) bond motifs is 1.